The Morgan fingerprint density at radius 3 is 2.50 bits per heavy atom. The van der Waals surface area contributed by atoms with Crippen LogP contribution in [0.4, 0.5) is 0 Å². The van der Waals surface area contributed by atoms with Crippen LogP contribution >= 0.6 is 11.6 Å². The van der Waals surface area contributed by atoms with E-state index in [1.165, 1.54) is 0 Å². The molecule has 1 aromatic carbocycles. The number of halogens is 1. The van der Waals surface area contributed by atoms with Crippen molar-refractivity contribution in [2.45, 2.75) is 26.1 Å². The Morgan fingerprint density at radius 2 is 1.90 bits per heavy atom. The lowest BCUT2D eigenvalue weighted by atomic mass is 10.2. The third kappa shape index (κ3) is 4.47. The molecule has 0 saturated carbocycles. The minimum Gasteiger partial charge on any atom is -0.373 e. The Bertz CT molecular complexity index is 440. The second-order valence-corrected chi connectivity index (χ2v) is 5.72. The number of ether oxygens (including phenoxy) is 1. The van der Waals surface area contributed by atoms with Gasteiger partial charge in [-0.1, -0.05) is 11.6 Å². The van der Waals surface area contributed by atoms with Crippen LogP contribution in [-0.4, -0.2) is 49.2 Å². The average molecular weight is 297 g/mol. The summed E-state index contributed by atoms with van der Waals surface area (Å²) in [7, 11) is 0. The van der Waals surface area contributed by atoms with E-state index in [1.807, 2.05) is 0 Å². The highest BCUT2D eigenvalue weighted by molar-refractivity contribution is 6.30. The van der Waals surface area contributed by atoms with Crippen LogP contribution in [0.5, 0.6) is 0 Å². The molecule has 1 N–H and O–H groups in total. The Hall–Kier alpha value is -1.10. The second-order valence-electron chi connectivity index (χ2n) is 5.28. The molecule has 0 aromatic heterocycles. The van der Waals surface area contributed by atoms with Gasteiger partial charge in [-0.25, -0.2) is 0 Å². The van der Waals surface area contributed by atoms with Gasteiger partial charge in [-0.2, -0.15) is 0 Å². The summed E-state index contributed by atoms with van der Waals surface area (Å²) in [6.07, 6.45) is 0.511. The zero-order chi connectivity index (χ0) is 14.5. The van der Waals surface area contributed by atoms with E-state index in [2.05, 4.69) is 24.1 Å². The van der Waals surface area contributed by atoms with Crippen LogP contribution in [0.2, 0.25) is 5.02 Å². The van der Waals surface area contributed by atoms with E-state index >= 15 is 0 Å². The van der Waals surface area contributed by atoms with Crippen molar-refractivity contribution in [3.63, 3.8) is 0 Å². The Morgan fingerprint density at radius 1 is 1.30 bits per heavy atom. The van der Waals surface area contributed by atoms with Crippen molar-refractivity contribution in [3.8, 4) is 0 Å². The first kappa shape index (κ1) is 15.3. The van der Waals surface area contributed by atoms with Gasteiger partial charge in [0.1, 0.15) is 0 Å². The molecular weight excluding hydrogens is 276 g/mol. The third-order valence-corrected chi connectivity index (χ3v) is 3.57. The van der Waals surface area contributed by atoms with Gasteiger partial charge < -0.3 is 10.1 Å². The average Bonchev–Trinajstić information content (AvgIpc) is 2.38. The van der Waals surface area contributed by atoms with E-state index in [4.69, 9.17) is 16.3 Å². The first-order valence-electron chi connectivity index (χ1n) is 6.96. The number of hydrogen-bond acceptors (Lipinski definition) is 3. The topological polar surface area (TPSA) is 41.6 Å². The lowest BCUT2D eigenvalue weighted by Crippen LogP contribution is -2.47. The summed E-state index contributed by atoms with van der Waals surface area (Å²) in [5, 5.41) is 3.57. The first-order chi connectivity index (χ1) is 9.54. The van der Waals surface area contributed by atoms with Crippen LogP contribution in [0.25, 0.3) is 0 Å². The van der Waals surface area contributed by atoms with Crippen LogP contribution in [0.1, 0.15) is 24.2 Å². The molecule has 1 aliphatic rings. The molecule has 110 valence electrons. The van der Waals surface area contributed by atoms with Crippen molar-refractivity contribution in [2.24, 2.45) is 0 Å². The van der Waals surface area contributed by atoms with Gasteiger partial charge >= 0.3 is 0 Å². The number of carbonyl (C=O) groups is 1. The van der Waals surface area contributed by atoms with Gasteiger partial charge in [0.2, 0.25) is 0 Å². The summed E-state index contributed by atoms with van der Waals surface area (Å²) < 4.78 is 5.68. The molecular formula is C15H21ClN2O2. The Balaban J connectivity index is 1.75. The van der Waals surface area contributed by atoms with Crippen molar-refractivity contribution in [2.75, 3.05) is 26.2 Å². The summed E-state index contributed by atoms with van der Waals surface area (Å²) in [5.74, 6) is -0.0592. The predicted molar refractivity (Wildman–Crippen MR) is 80.2 cm³/mol. The predicted octanol–water partition coefficient (Wildman–Crippen LogP) is 2.18. The quantitative estimate of drug-likeness (QED) is 0.926. The molecule has 0 spiro atoms. The summed E-state index contributed by atoms with van der Waals surface area (Å²) in [6.45, 7) is 7.48. The van der Waals surface area contributed by atoms with E-state index < -0.39 is 0 Å². The van der Waals surface area contributed by atoms with Gasteiger partial charge in [-0.05, 0) is 38.1 Å². The smallest absolute Gasteiger partial charge is 0.251 e. The molecule has 4 nitrogen and oxygen atoms in total. The Kier molecular flexibility index (Phi) is 5.40. The third-order valence-electron chi connectivity index (χ3n) is 3.32. The maximum absolute atomic E-state index is 11.9. The largest absolute Gasteiger partial charge is 0.373 e. The van der Waals surface area contributed by atoms with Crippen LogP contribution in [-0.2, 0) is 4.74 Å². The highest BCUT2D eigenvalue weighted by atomic mass is 35.5. The maximum Gasteiger partial charge on any atom is 0.251 e. The SMILES string of the molecule is CC1CN(CCNC(=O)c2ccc(Cl)cc2)CC(C)O1. The van der Waals surface area contributed by atoms with Crippen LogP contribution in [0.3, 0.4) is 0 Å². The monoisotopic (exact) mass is 296 g/mol. The fourth-order valence-electron chi connectivity index (χ4n) is 2.50. The fraction of sp³-hybridized carbons (Fsp3) is 0.533. The Labute approximate surface area is 125 Å². The zero-order valence-corrected chi connectivity index (χ0v) is 12.7. The molecule has 1 aromatic rings. The lowest BCUT2D eigenvalue weighted by molar-refractivity contribution is -0.0672. The highest BCUT2D eigenvalue weighted by Gasteiger charge is 2.21. The molecule has 0 radical (unpaired) electrons. The summed E-state index contributed by atoms with van der Waals surface area (Å²) in [4.78, 5) is 14.2. The molecule has 2 rings (SSSR count). The van der Waals surface area contributed by atoms with Gasteiger partial charge in [0.05, 0.1) is 12.2 Å². The maximum atomic E-state index is 11.9. The number of nitrogens with one attached hydrogen (secondary N) is 1. The minimum absolute atomic E-state index is 0.0592. The van der Waals surface area contributed by atoms with Gasteiger partial charge in [-0.3, -0.25) is 9.69 Å². The summed E-state index contributed by atoms with van der Waals surface area (Å²) in [5.41, 5.74) is 0.637. The van der Waals surface area contributed by atoms with Crippen LogP contribution in [0.15, 0.2) is 24.3 Å². The van der Waals surface area contributed by atoms with E-state index in [9.17, 15) is 4.79 Å². The molecule has 5 heteroatoms. The second kappa shape index (κ2) is 7.07. The van der Waals surface area contributed by atoms with Crippen molar-refractivity contribution < 1.29 is 9.53 Å². The number of benzene rings is 1. The summed E-state index contributed by atoms with van der Waals surface area (Å²) in [6, 6.07) is 6.91. The number of hydrogen-bond donors (Lipinski definition) is 1. The van der Waals surface area contributed by atoms with Gasteiger partial charge in [0.15, 0.2) is 0 Å². The molecule has 1 saturated heterocycles. The number of amides is 1. The van der Waals surface area contributed by atoms with Crippen molar-refractivity contribution >= 4 is 17.5 Å². The van der Waals surface area contributed by atoms with Crippen molar-refractivity contribution in [3.05, 3.63) is 34.9 Å². The van der Waals surface area contributed by atoms with Gasteiger partial charge in [-0.15, -0.1) is 0 Å². The minimum atomic E-state index is -0.0592. The van der Waals surface area contributed by atoms with Gasteiger partial charge in [0, 0.05) is 36.8 Å². The van der Waals surface area contributed by atoms with E-state index in [-0.39, 0.29) is 18.1 Å². The molecule has 1 aliphatic heterocycles. The molecule has 1 heterocycles. The number of rotatable bonds is 4. The number of carbonyl (C=O) groups excluding carboxylic acids is 1. The summed E-state index contributed by atoms with van der Waals surface area (Å²) >= 11 is 5.80. The molecule has 20 heavy (non-hydrogen) atoms. The van der Waals surface area contributed by atoms with Gasteiger partial charge in [0.25, 0.3) is 5.91 Å². The molecule has 2 unspecified atom stereocenters. The van der Waals surface area contributed by atoms with Crippen LogP contribution in [0, 0.1) is 0 Å². The lowest BCUT2D eigenvalue weighted by Gasteiger charge is -2.35. The van der Waals surface area contributed by atoms with Crippen molar-refractivity contribution in [1.82, 2.24) is 10.2 Å². The molecule has 1 fully saturated rings. The molecule has 1 amide bonds. The fourth-order valence-corrected chi connectivity index (χ4v) is 2.62. The van der Waals surface area contributed by atoms with E-state index in [0.29, 0.717) is 17.1 Å². The number of morpholine rings is 1. The van der Waals surface area contributed by atoms with E-state index in [0.717, 1.165) is 19.6 Å². The number of nitrogens with zero attached hydrogens (tertiary/aromatic N) is 1. The van der Waals surface area contributed by atoms with Crippen molar-refractivity contribution in [1.29, 1.82) is 0 Å². The standard InChI is InChI=1S/C15H21ClN2O2/c1-11-9-18(10-12(2)20-11)8-7-17-15(19)13-3-5-14(16)6-4-13/h3-6,11-12H,7-10H2,1-2H3,(H,17,19). The molecule has 0 bridgehead atoms. The normalized spacial score (nSPS) is 23.6. The molecule has 2 atom stereocenters. The first-order valence-corrected chi connectivity index (χ1v) is 7.34. The van der Waals surface area contributed by atoms with E-state index in [1.54, 1.807) is 24.3 Å². The zero-order valence-electron chi connectivity index (χ0n) is 11.9. The van der Waals surface area contributed by atoms with Crippen LogP contribution < -0.4 is 5.32 Å². The molecule has 0 aliphatic carbocycles. The highest BCUT2D eigenvalue weighted by Crippen LogP contribution is 2.10.